The summed E-state index contributed by atoms with van der Waals surface area (Å²) in [5.74, 6) is -0.115. The first-order chi connectivity index (χ1) is 11.9. The lowest BCUT2D eigenvalue weighted by Crippen LogP contribution is -2.50. The number of hydrogen-bond acceptors (Lipinski definition) is 3. The minimum Gasteiger partial charge on any atom is -0.377 e. The highest BCUT2D eigenvalue weighted by molar-refractivity contribution is 5.79. The van der Waals surface area contributed by atoms with Crippen molar-refractivity contribution >= 4 is 5.91 Å². The Kier molecular flexibility index (Phi) is 5.64. The van der Waals surface area contributed by atoms with E-state index in [4.69, 9.17) is 4.74 Å². The van der Waals surface area contributed by atoms with E-state index in [1.165, 1.54) is 6.07 Å². The standard InChI is InChI=1S/C18H23F3N2O2/c19-18(20,21)15-4-1-3-14(11-15)12-17(24)23-8-6-22(7-9-23)13-16-5-2-10-25-16/h1,3-4,11,16H,2,5-10,12-13H2. The Morgan fingerprint density at radius 1 is 1.20 bits per heavy atom. The molecule has 0 aliphatic carbocycles. The Labute approximate surface area is 145 Å². The van der Waals surface area contributed by atoms with Crippen molar-refractivity contribution < 1.29 is 22.7 Å². The number of alkyl halides is 3. The third kappa shape index (κ3) is 4.95. The number of carbonyl (C=O) groups is 1. The Bertz CT molecular complexity index is 592. The van der Waals surface area contributed by atoms with Crippen LogP contribution in [0, 0.1) is 0 Å². The number of hydrogen-bond donors (Lipinski definition) is 0. The topological polar surface area (TPSA) is 32.8 Å². The average molecular weight is 356 g/mol. The van der Waals surface area contributed by atoms with Gasteiger partial charge in [-0.2, -0.15) is 13.2 Å². The van der Waals surface area contributed by atoms with E-state index in [9.17, 15) is 18.0 Å². The average Bonchev–Trinajstić information content (AvgIpc) is 3.08. The van der Waals surface area contributed by atoms with E-state index in [0.717, 1.165) is 51.2 Å². The van der Waals surface area contributed by atoms with Gasteiger partial charge in [-0.25, -0.2) is 0 Å². The van der Waals surface area contributed by atoms with Crippen LogP contribution in [-0.4, -0.2) is 61.1 Å². The summed E-state index contributed by atoms with van der Waals surface area (Å²) in [6.07, 6.45) is -1.87. The summed E-state index contributed by atoms with van der Waals surface area (Å²) in [4.78, 5) is 16.4. The lowest BCUT2D eigenvalue weighted by atomic mass is 10.1. The first-order valence-corrected chi connectivity index (χ1v) is 8.70. The van der Waals surface area contributed by atoms with Crippen LogP contribution in [0.3, 0.4) is 0 Å². The van der Waals surface area contributed by atoms with Gasteiger partial charge < -0.3 is 9.64 Å². The first kappa shape index (κ1) is 18.2. The first-order valence-electron chi connectivity index (χ1n) is 8.70. The van der Waals surface area contributed by atoms with E-state index < -0.39 is 11.7 Å². The lowest BCUT2D eigenvalue weighted by molar-refractivity contribution is -0.138. The molecule has 2 aliphatic heterocycles. The molecule has 138 valence electrons. The van der Waals surface area contributed by atoms with Crippen LogP contribution in [0.1, 0.15) is 24.0 Å². The van der Waals surface area contributed by atoms with Gasteiger partial charge in [-0.1, -0.05) is 18.2 Å². The van der Waals surface area contributed by atoms with Gasteiger partial charge in [0, 0.05) is 39.3 Å². The fourth-order valence-corrected chi connectivity index (χ4v) is 3.40. The van der Waals surface area contributed by atoms with E-state index >= 15 is 0 Å². The van der Waals surface area contributed by atoms with E-state index in [0.29, 0.717) is 24.8 Å². The van der Waals surface area contributed by atoms with E-state index in [-0.39, 0.29) is 12.3 Å². The van der Waals surface area contributed by atoms with Crippen molar-refractivity contribution in [3.8, 4) is 0 Å². The molecule has 0 N–H and O–H groups in total. The van der Waals surface area contributed by atoms with Crippen LogP contribution in [-0.2, 0) is 22.1 Å². The van der Waals surface area contributed by atoms with Crippen LogP contribution in [0.25, 0.3) is 0 Å². The molecule has 4 nitrogen and oxygen atoms in total. The van der Waals surface area contributed by atoms with Gasteiger partial charge in [0.15, 0.2) is 0 Å². The molecular weight excluding hydrogens is 333 g/mol. The third-order valence-corrected chi connectivity index (χ3v) is 4.82. The highest BCUT2D eigenvalue weighted by atomic mass is 19.4. The number of carbonyl (C=O) groups excluding carboxylic acids is 1. The normalized spacial score (nSPS) is 22.4. The summed E-state index contributed by atoms with van der Waals surface area (Å²) in [5.41, 5.74) is -0.305. The van der Waals surface area contributed by atoms with Crippen LogP contribution in [0.5, 0.6) is 0 Å². The van der Waals surface area contributed by atoms with Gasteiger partial charge in [-0.05, 0) is 24.5 Å². The summed E-state index contributed by atoms with van der Waals surface area (Å²) in [7, 11) is 0. The van der Waals surface area contributed by atoms with E-state index in [1.807, 2.05) is 0 Å². The third-order valence-electron chi connectivity index (χ3n) is 4.82. The zero-order valence-corrected chi connectivity index (χ0v) is 14.1. The number of ether oxygens (including phenoxy) is 1. The van der Waals surface area contributed by atoms with Gasteiger partial charge in [0.2, 0.25) is 5.91 Å². The van der Waals surface area contributed by atoms with Crippen LogP contribution in [0.15, 0.2) is 24.3 Å². The molecule has 0 aromatic heterocycles. The Morgan fingerprint density at radius 3 is 2.60 bits per heavy atom. The summed E-state index contributed by atoms with van der Waals surface area (Å²) in [5, 5.41) is 0. The second-order valence-corrected chi connectivity index (χ2v) is 6.69. The largest absolute Gasteiger partial charge is 0.416 e. The monoisotopic (exact) mass is 356 g/mol. The van der Waals surface area contributed by atoms with Crippen molar-refractivity contribution in [1.82, 2.24) is 9.80 Å². The molecule has 1 amide bonds. The summed E-state index contributed by atoms with van der Waals surface area (Å²) < 4.78 is 43.9. The maximum absolute atomic E-state index is 12.8. The maximum atomic E-state index is 12.8. The van der Waals surface area contributed by atoms with Crippen LogP contribution in [0.4, 0.5) is 13.2 Å². The molecule has 0 radical (unpaired) electrons. The minimum atomic E-state index is -4.38. The van der Waals surface area contributed by atoms with E-state index in [1.54, 1.807) is 11.0 Å². The highest BCUT2D eigenvalue weighted by Crippen LogP contribution is 2.29. The number of benzene rings is 1. The highest BCUT2D eigenvalue weighted by Gasteiger charge is 2.31. The Hall–Kier alpha value is -1.60. The number of halogens is 3. The Balaban J connectivity index is 1.49. The van der Waals surface area contributed by atoms with Crippen molar-refractivity contribution in [2.24, 2.45) is 0 Å². The van der Waals surface area contributed by atoms with Gasteiger partial charge in [-0.3, -0.25) is 9.69 Å². The molecular formula is C18H23F3N2O2. The van der Waals surface area contributed by atoms with Crippen molar-refractivity contribution in [3.05, 3.63) is 35.4 Å². The molecule has 7 heteroatoms. The van der Waals surface area contributed by atoms with E-state index in [2.05, 4.69) is 4.90 Å². The molecule has 2 aliphatic rings. The zero-order valence-electron chi connectivity index (χ0n) is 14.1. The molecule has 2 fully saturated rings. The van der Waals surface area contributed by atoms with Crippen LogP contribution in [0.2, 0.25) is 0 Å². The molecule has 1 aromatic carbocycles. The predicted molar refractivity (Wildman–Crippen MR) is 87.1 cm³/mol. The summed E-state index contributed by atoms with van der Waals surface area (Å²) in [6.45, 7) is 4.53. The van der Waals surface area contributed by atoms with Crippen LogP contribution >= 0.6 is 0 Å². The minimum absolute atomic E-state index is 0.00958. The Morgan fingerprint density at radius 2 is 1.96 bits per heavy atom. The molecule has 3 rings (SSSR count). The van der Waals surface area contributed by atoms with Crippen molar-refractivity contribution in [1.29, 1.82) is 0 Å². The van der Waals surface area contributed by atoms with Gasteiger partial charge in [-0.15, -0.1) is 0 Å². The zero-order chi connectivity index (χ0) is 17.9. The number of nitrogens with zero attached hydrogens (tertiary/aromatic N) is 2. The second kappa shape index (κ2) is 7.74. The van der Waals surface area contributed by atoms with Gasteiger partial charge >= 0.3 is 6.18 Å². The SMILES string of the molecule is O=C(Cc1cccc(C(F)(F)F)c1)N1CCN(CC2CCCO2)CC1. The summed E-state index contributed by atoms with van der Waals surface area (Å²) in [6, 6.07) is 5.01. The molecule has 0 saturated carbocycles. The van der Waals surface area contributed by atoms with Gasteiger partial charge in [0.05, 0.1) is 18.1 Å². The fraction of sp³-hybridized carbons (Fsp3) is 0.611. The van der Waals surface area contributed by atoms with Crippen molar-refractivity contribution in [2.45, 2.75) is 31.5 Å². The number of amides is 1. The molecule has 1 aromatic rings. The number of piperazine rings is 1. The maximum Gasteiger partial charge on any atom is 0.416 e. The summed E-state index contributed by atoms with van der Waals surface area (Å²) >= 11 is 0. The molecule has 2 saturated heterocycles. The fourth-order valence-electron chi connectivity index (χ4n) is 3.40. The number of rotatable bonds is 4. The predicted octanol–water partition coefficient (Wildman–Crippen LogP) is 2.57. The molecule has 0 bridgehead atoms. The quantitative estimate of drug-likeness (QED) is 0.831. The second-order valence-electron chi connectivity index (χ2n) is 6.69. The molecule has 25 heavy (non-hydrogen) atoms. The molecule has 2 heterocycles. The van der Waals surface area contributed by atoms with Crippen molar-refractivity contribution in [3.63, 3.8) is 0 Å². The van der Waals surface area contributed by atoms with Gasteiger partial charge in [0.1, 0.15) is 0 Å². The van der Waals surface area contributed by atoms with Crippen molar-refractivity contribution in [2.75, 3.05) is 39.3 Å². The smallest absolute Gasteiger partial charge is 0.377 e. The molecule has 1 atom stereocenters. The molecule has 1 unspecified atom stereocenters. The van der Waals surface area contributed by atoms with Crippen LogP contribution < -0.4 is 0 Å². The molecule has 0 spiro atoms. The lowest BCUT2D eigenvalue weighted by Gasteiger charge is -2.35. The van der Waals surface area contributed by atoms with Gasteiger partial charge in [0.25, 0.3) is 0 Å².